The zero-order valence-corrected chi connectivity index (χ0v) is 9.90. The van der Waals surface area contributed by atoms with Crippen LogP contribution in [0.2, 0.25) is 5.02 Å². The van der Waals surface area contributed by atoms with Crippen LogP contribution in [0.5, 0.6) is 0 Å². The van der Waals surface area contributed by atoms with Crippen LogP contribution in [0.3, 0.4) is 0 Å². The standard InChI is InChI=1S/C10H12ClN3S/c1-2-9(13-14-10(12)15)7-4-3-5-8(11)6-7/h3-6H,2H2,1H3,(H3,12,14,15)/b13-9+. The Labute approximate surface area is 99.3 Å². The van der Waals surface area contributed by atoms with Crippen LogP contribution in [0.25, 0.3) is 0 Å². The van der Waals surface area contributed by atoms with Gasteiger partial charge in [-0.2, -0.15) is 5.10 Å². The van der Waals surface area contributed by atoms with E-state index in [9.17, 15) is 0 Å². The number of hydrogen-bond acceptors (Lipinski definition) is 2. The first-order valence-corrected chi connectivity index (χ1v) is 5.30. The van der Waals surface area contributed by atoms with Crippen molar-refractivity contribution in [2.45, 2.75) is 13.3 Å². The lowest BCUT2D eigenvalue weighted by molar-refractivity contribution is 1.01. The number of nitrogens with zero attached hydrogens (tertiary/aromatic N) is 1. The molecule has 0 fully saturated rings. The summed E-state index contributed by atoms with van der Waals surface area (Å²) in [5.41, 5.74) is 9.69. The number of benzene rings is 1. The van der Waals surface area contributed by atoms with Gasteiger partial charge in [-0.15, -0.1) is 0 Å². The molecule has 1 aromatic carbocycles. The van der Waals surface area contributed by atoms with Crippen LogP contribution < -0.4 is 11.2 Å². The fourth-order valence-electron chi connectivity index (χ4n) is 1.14. The number of rotatable bonds is 3. The van der Waals surface area contributed by atoms with Crippen LogP contribution in [0.15, 0.2) is 29.4 Å². The van der Waals surface area contributed by atoms with E-state index in [1.54, 1.807) is 0 Å². The van der Waals surface area contributed by atoms with Crippen LogP contribution in [-0.2, 0) is 0 Å². The Balaban J connectivity index is 2.92. The number of nitrogens with two attached hydrogens (primary N) is 1. The van der Waals surface area contributed by atoms with E-state index in [1.807, 2.05) is 31.2 Å². The van der Waals surface area contributed by atoms with Gasteiger partial charge < -0.3 is 5.73 Å². The summed E-state index contributed by atoms with van der Waals surface area (Å²) >= 11 is 10.6. The van der Waals surface area contributed by atoms with Crippen molar-refractivity contribution in [1.29, 1.82) is 0 Å². The molecule has 1 aromatic rings. The Morgan fingerprint density at radius 3 is 2.87 bits per heavy atom. The molecule has 0 aliphatic carbocycles. The Morgan fingerprint density at radius 1 is 1.60 bits per heavy atom. The van der Waals surface area contributed by atoms with Crippen molar-refractivity contribution in [3.63, 3.8) is 0 Å². The van der Waals surface area contributed by atoms with E-state index in [1.165, 1.54) is 0 Å². The van der Waals surface area contributed by atoms with Gasteiger partial charge in [-0.05, 0) is 36.3 Å². The summed E-state index contributed by atoms with van der Waals surface area (Å²) in [6.45, 7) is 2.00. The SMILES string of the molecule is CC/C(=N\NC(N)=S)c1cccc(Cl)c1. The minimum absolute atomic E-state index is 0.156. The second kappa shape index (κ2) is 5.68. The van der Waals surface area contributed by atoms with Crippen molar-refractivity contribution in [3.05, 3.63) is 34.9 Å². The second-order valence-electron chi connectivity index (χ2n) is 2.90. The van der Waals surface area contributed by atoms with Crippen molar-refractivity contribution < 1.29 is 0 Å². The number of halogens is 1. The maximum absolute atomic E-state index is 5.88. The summed E-state index contributed by atoms with van der Waals surface area (Å²) in [7, 11) is 0. The van der Waals surface area contributed by atoms with Crippen molar-refractivity contribution in [1.82, 2.24) is 5.43 Å². The largest absolute Gasteiger partial charge is 0.375 e. The van der Waals surface area contributed by atoms with Gasteiger partial charge in [0.05, 0.1) is 5.71 Å². The van der Waals surface area contributed by atoms with E-state index >= 15 is 0 Å². The Kier molecular flexibility index (Phi) is 4.52. The lowest BCUT2D eigenvalue weighted by Crippen LogP contribution is -2.25. The molecule has 0 saturated heterocycles. The predicted octanol–water partition coefficient (Wildman–Crippen LogP) is 2.29. The third-order valence-corrected chi connectivity index (χ3v) is 2.12. The molecule has 0 amide bonds. The molecule has 0 aromatic heterocycles. The summed E-state index contributed by atoms with van der Waals surface area (Å²) in [5, 5.41) is 4.93. The molecule has 0 spiro atoms. The van der Waals surface area contributed by atoms with Gasteiger partial charge in [-0.25, -0.2) is 0 Å². The van der Waals surface area contributed by atoms with E-state index in [-0.39, 0.29) is 5.11 Å². The highest BCUT2D eigenvalue weighted by molar-refractivity contribution is 7.80. The highest BCUT2D eigenvalue weighted by Crippen LogP contribution is 2.12. The molecule has 0 unspecified atom stereocenters. The van der Waals surface area contributed by atoms with E-state index in [0.29, 0.717) is 5.02 Å². The van der Waals surface area contributed by atoms with E-state index in [4.69, 9.17) is 17.3 Å². The minimum atomic E-state index is 0.156. The average molecular weight is 242 g/mol. The third-order valence-electron chi connectivity index (χ3n) is 1.79. The van der Waals surface area contributed by atoms with Crippen LogP contribution >= 0.6 is 23.8 Å². The van der Waals surface area contributed by atoms with Crippen molar-refractivity contribution in [2.75, 3.05) is 0 Å². The first-order valence-electron chi connectivity index (χ1n) is 4.51. The Bertz CT molecular complexity index is 390. The topological polar surface area (TPSA) is 50.4 Å². The summed E-state index contributed by atoms with van der Waals surface area (Å²) < 4.78 is 0. The number of nitrogens with one attached hydrogen (secondary N) is 1. The molecule has 0 saturated carbocycles. The molecule has 0 bridgehead atoms. The first kappa shape index (κ1) is 11.9. The smallest absolute Gasteiger partial charge is 0.184 e. The van der Waals surface area contributed by atoms with Gasteiger partial charge in [-0.3, -0.25) is 5.43 Å². The summed E-state index contributed by atoms with van der Waals surface area (Å²) in [6.07, 6.45) is 0.774. The van der Waals surface area contributed by atoms with Crippen LogP contribution in [0.1, 0.15) is 18.9 Å². The van der Waals surface area contributed by atoms with Crippen LogP contribution in [-0.4, -0.2) is 10.8 Å². The van der Waals surface area contributed by atoms with Gasteiger partial charge in [0, 0.05) is 5.02 Å². The minimum Gasteiger partial charge on any atom is -0.375 e. The molecular formula is C10H12ClN3S. The van der Waals surface area contributed by atoms with E-state index < -0.39 is 0 Å². The second-order valence-corrected chi connectivity index (χ2v) is 3.77. The van der Waals surface area contributed by atoms with Gasteiger partial charge in [0.2, 0.25) is 0 Å². The monoisotopic (exact) mass is 241 g/mol. The molecule has 3 nitrogen and oxygen atoms in total. The lowest BCUT2D eigenvalue weighted by Gasteiger charge is -2.04. The quantitative estimate of drug-likeness (QED) is 0.485. The number of hydrogen-bond donors (Lipinski definition) is 2. The zero-order chi connectivity index (χ0) is 11.3. The van der Waals surface area contributed by atoms with Crippen LogP contribution in [0.4, 0.5) is 0 Å². The van der Waals surface area contributed by atoms with Crippen LogP contribution in [0, 0.1) is 0 Å². The van der Waals surface area contributed by atoms with E-state index in [0.717, 1.165) is 17.7 Å². The van der Waals surface area contributed by atoms with Gasteiger partial charge in [0.25, 0.3) is 0 Å². The molecule has 5 heteroatoms. The van der Waals surface area contributed by atoms with Crippen molar-refractivity contribution in [3.8, 4) is 0 Å². The van der Waals surface area contributed by atoms with Gasteiger partial charge in [0.15, 0.2) is 5.11 Å². The summed E-state index contributed by atoms with van der Waals surface area (Å²) in [5.74, 6) is 0. The predicted molar refractivity (Wildman–Crippen MR) is 68.2 cm³/mol. The molecule has 0 radical (unpaired) electrons. The lowest BCUT2D eigenvalue weighted by atomic mass is 10.1. The average Bonchev–Trinajstić information content (AvgIpc) is 2.18. The molecular weight excluding hydrogens is 230 g/mol. The normalized spacial score (nSPS) is 11.2. The molecule has 0 atom stereocenters. The Hall–Kier alpha value is -1.13. The number of thiocarbonyl (C=S) groups is 1. The fraction of sp³-hybridized carbons (Fsp3) is 0.200. The zero-order valence-electron chi connectivity index (χ0n) is 8.33. The maximum Gasteiger partial charge on any atom is 0.184 e. The fourth-order valence-corrected chi connectivity index (χ4v) is 1.37. The number of hydrazone groups is 1. The van der Waals surface area contributed by atoms with Gasteiger partial charge in [-0.1, -0.05) is 30.7 Å². The molecule has 0 heterocycles. The summed E-state index contributed by atoms with van der Waals surface area (Å²) in [4.78, 5) is 0. The maximum atomic E-state index is 5.88. The first-order chi connectivity index (χ1) is 7.13. The third kappa shape index (κ3) is 3.85. The van der Waals surface area contributed by atoms with Crippen molar-refractivity contribution >= 4 is 34.6 Å². The molecule has 80 valence electrons. The highest BCUT2D eigenvalue weighted by atomic mass is 35.5. The molecule has 0 aliphatic heterocycles. The molecule has 3 N–H and O–H groups in total. The van der Waals surface area contributed by atoms with E-state index in [2.05, 4.69) is 22.7 Å². The molecule has 1 rings (SSSR count). The molecule has 0 aliphatic rings. The van der Waals surface area contributed by atoms with Gasteiger partial charge >= 0.3 is 0 Å². The Morgan fingerprint density at radius 2 is 2.33 bits per heavy atom. The van der Waals surface area contributed by atoms with Gasteiger partial charge in [0.1, 0.15) is 0 Å². The summed E-state index contributed by atoms with van der Waals surface area (Å²) in [6, 6.07) is 7.49. The molecule has 15 heavy (non-hydrogen) atoms. The highest BCUT2D eigenvalue weighted by Gasteiger charge is 2.01. The van der Waals surface area contributed by atoms with Crippen molar-refractivity contribution in [2.24, 2.45) is 10.8 Å².